The van der Waals surface area contributed by atoms with Gasteiger partial charge in [-0.3, -0.25) is 9.69 Å². The number of carboxylic acid groups (broad SMARTS) is 1. The second-order valence-electron chi connectivity index (χ2n) is 12.2. The van der Waals surface area contributed by atoms with Gasteiger partial charge in [-0.25, -0.2) is 27.3 Å². The largest absolute Gasteiger partial charge is 0.478 e. The van der Waals surface area contributed by atoms with Crippen LogP contribution < -0.4 is 21.1 Å². The third kappa shape index (κ3) is 11.6. The Labute approximate surface area is 294 Å². The van der Waals surface area contributed by atoms with Crippen LogP contribution in [0.5, 0.6) is 0 Å². The summed E-state index contributed by atoms with van der Waals surface area (Å²) in [6.45, 7) is 9.09. The number of carbonyl (C=O) groups is 2. The van der Waals surface area contributed by atoms with Gasteiger partial charge in [-0.05, 0) is 99.4 Å². The van der Waals surface area contributed by atoms with Crippen molar-refractivity contribution in [2.24, 2.45) is 5.73 Å². The van der Waals surface area contributed by atoms with Gasteiger partial charge in [0.05, 0.1) is 26.2 Å². The van der Waals surface area contributed by atoms with E-state index in [1.54, 1.807) is 18.2 Å². The summed E-state index contributed by atoms with van der Waals surface area (Å²) >= 11 is 3.33. The maximum Gasteiger partial charge on any atom is 0.328 e. The van der Waals surface area contributed by atoms with Crippen LogP contribution in [0.3, 0.4) is 0 Å². The maximum atomic E-state index is 14.2. The van der Waals surface area contributed by atoms with Crippen LogP contribution in [0.4, 0.5) is 27.5 Å². The summed E-state index contributed by atoms with van der Waals surface area (Å²) in [6.07, 6.45) is 6.19. The van der Waals surface area contributed by atoms with Crippen LogP contribution in [0.15, 0.2) is 70.2 Å². The van der Waals surface area contributed by atoms with Crippen LogP contribution in [0.1, 0.15) is 57.3 Å². The van der Waals surface area contributed by atoms with Gasteiger partial charge in [0.2, 0.25) is 16.0 Å². The molecular formula is C33H43BrFN7O6S. The van der Waals surface area contributed by atoms with Crippen molar-refractivity contribution in [3.05, 3.63) is 76.7 Å². The molecule has 49 heavy (non-hydrogen) atoms. The minimum absolute atomic E-state index is 0.0691. The third-order valence-corrected chi connectivity index (χ3v) is 10.2. The normalized spacial score (nSPS) is 13.4. The highest BCUT2D eigenvalue weighted by molar-refractivity contribution is 9.10. The highest BCUT2D eigenvalue weighted by Gasteiger charge is 2.28. The standard InChI is InChI=1S/C33H43BrFN7O6S/c1-6-33(4,42(5)19-8-11-27(43)44)17-20-48-32(2,3)16-18-38-49(46,47)23-14-12-22(13-15-23)39-31-37-21-24(34)30(41-31)40-26-10-7-9-25(35)28(26)29(36)45/h7-15,21,38H,6,16-20H2,1-5H3,(H2,36,45)(H,43,44)(H2,37,39,40,41)/b11-8+. The minimum Gasteiger partial charge on any atom is -0.478 e. The lowest BCUT2D eigenvalue weighted by molar-refractivity contribution is -0.131. The molecule has 2 aromatic carbocycles. The number of ether oxygens (including phenoxy) is 1. The van der Waals surface area contributed by atoms with Crippen molar-refractivity contribution in [1.29, 1.82) is 0 Å². The number of halogens is 2. The molecule has 0 aliphatic rings. The van der Waals surface area contributed by atoms with E-state index in [0.717, 1.165) is 18.6 Å². The molecule has 0 saturated carbocycles. The molecular weight excluding hydrogens is 721 g/mol. The number of carbonyl (C=O) groups excluding carboxylic acids is 1. The van der Waals surface area contributed by atoms with E-state index in [0.29, 0.717) is 36.2 Å². The SMILES string of the molecule is CCC(C)(CCOC(C)(C)CCNS(=O)(=O)c1ccc(Nc2ncc(Br)c(Nc3cccc(F)c3C(N)=O)n2)cc1)N(C)C/C=C/C(=O)O. The Hall–Kier alpha value is -3.96. The lowest BCUT2D eigenvalue weighted by atomic mass is 9.92. The second kappa shape index (κ2) is 17.1. The van der Waals surface area contributed by atoms with Gasteiger partial charge in [0.15, 0.2) is 0 Å². The quantitative estimate of drug-likeness (QED) is 0.0962. The van der Waals surface area contributed by atoms with Gasteiger partial charge in [0.1, 0.15) is 11.6 Å². The van der Waals surface area contributed by atoms with Gasteiger partial charge in [0.25, 0.3) is 5.91 Å². The Morgan fingerprint density at radius 2 is 1.82 bits per heavy atom. The molecule has 3 rings (SSSR count). The Morgan fingerprint density at radius 1 is 1.12 bits per heavy atom. The first kappa shape index (κ1) is 39.5. The number of hydrogen-bond acceptors (Lipinski definition) is 10. The van der Waals surface area contributed by atoms with Crippen molar-refractivity contribution in [2.45, 2.75) is 63.0 Å². The number of likely N-dealkylation sites (N-methyl/N-ethyl adjacent to an activating group) is 1. The molecule has 3 aromatic rings. The molecule has 6 N–H and O–H groups in total. The van der Waals surface area contributed by atoms with Crippen molar-refractivity contribution < 1.29 is 32.2 Å². The number of anilines is 4. The molecule has 0 aliphatic carbocycles. The van der Waals surface area contributed by atoms with Gasteiger partial charge in [-0.2, -0.15) is 4.98 Å². The van der Waals surface area contributed by atoms with Crippen LogP contribution in [0.25, 0.3) is 0 Å². The molecule has 0 spiro atoms. The molecule has 1 aromatic heterocycles. The molecule has 1 atom stereocenters. The number of amides is 1. The molecule has 16 heteroatoms. The number of nitrogens with two attached hydrogens (primary N) is 1. The Bertz CT molecular complexity index is 1760. The van der Waals surface area contributed by atoms with Crippen LogP contribution in [0.2, 0.25) is 0 Å². The topological polar surface area (TPSA) is 189 Å². The van der Waals surface area contributed by atoms with E-state index in [2.05, 4.69) is 60.0 Å². The molecule has 0 radical (unpaired) electrons. The Kier molecular flexibility index (Phi) is 13.8. The van der Waals surface area contributed by atoms with Gasteiger partial charge in [0, 0.05) is 43.2 Å². The average molecular weight is 765 g/mol. The fraction of sp³-hybridized carbons (Fsp3) is 0.394. The molecule has 0 aliphatic heterocycles. The van der Waals surface area contributed by atoms with E-state index in [-0.39, 0.29) is 40.0 Å². The first-order valence-electron chi connectivity index (χ1n) is 15.5. The second-order valence-corrected chi connectivity index (χ2v) is 14.8. The molecule has 13 nitrogen and oxygen atoms in total. The van der Waals surface area contributed by atoms with E-state index >= 15 is 0 Å². The zero-order chi connectivity index (χ0) is 36.4. The maximum absolute atomic E-state index is 14.2. The summed E-state index contributed by atoms with van der Waals surface area (Å²) < 4.78 is 49.4. The number of nitrogens with one attached hydrogen (secondary N) is 3. The Morgan fingerprint density at radius 3 is 2.45 bits per heavy atom. The molecule has 1 unspecified atom stereocenters. The molecule has 1 amide bonds. The summed E-state index contributed by atoms with van der Waals surface area (Å²) in [5.41, 5.74) is 4.87. The van der Waals surface area contributed by atoms with E-state index in [1.807, 2.05) is 20.9 Å². The minimum atomic E-state index is -3.81. The number of nitrogens with zero attached hydrogens (tertiary/aromatic N) is 3. The van der Waals surface area contributed by atoms with Crippen molar-refractivity contribution in [2.75, 3.05) is 37.4 Å². The zero-order valence-corrected chi connectivity index (χ0v) is 30.5. The monoisotopic (exact) mass is 763 g/mol. The highest BCUT2D eigenvalue weighted by atomic mass is 79.9. The van der Waals surface area contributed by atoms with Crippen LogP contribution in [-0.2, 0) is 19.6 Å². The van der Waals surface area contributed by atoms with Crippen LogP contribution in [0, 0.1) is 5.82 Å². The first-order valence-corrected chi connectivity index (χ1v) is 17.7. The van der Waals surface area contributed by atoms with E-state index in [9.17, 15) is 22.4 Å². The van der Waals surface area contributed by atoms with E-state index in [4.69, 9.17) is 15.6 Å². The fourth-order valence-corrected chi connectivity index (χ4v) is 6.05. The number of sulfonamides is 1. The lowest BCUT2D eigenvalue weighted by Gasteiger charge is -2.39. The number of primary amides is 1. The number of hydrogen-bond donors (Lipinski definition) is 5. The van der Waals surface area contributed by atoms with Crippen LogP contribution >= 0.6 is 15.9 Å². The van der Waals surface area contributed by atoms with Gasteiger partial charge in [-0.15, -0.1) is 0 Å². The van der Waals surface area contributed by atoms with Crippen molar-refractivity contribution in [1.82, 2.24) is 19.6 Å². The molecule has 0 bridgehead atoms. The molecule has 0 fully saturated rings. The first-order chi connectivity index (χ1) is 23.0. The number of benzene rings is 2. The summed E-state index contributed by atoms with van der Waals surface area (Å²) in [4.78, 5) is 33.3. The van der Waals surface area contributed by atoms with Crippen molar-refractivity contribution in [3.8, 4) is 0 Å². The molecule has 1 heterocycles. The molecule has 0 saturated heterocycles. The van der Waals surface area contributed by atoms with Crippen molar-refractivity contribution >= 4 is 61.0 Å². The number of aliphatic carboxylic acids is 1. The molecule has 266 valence electrons. The third-order valence-electron chi connectivity index (χ3n) is 8.15. The average Bonchev–Trinajstić information content (AvgIpc) is 3.02. The summed E-state index contributed by atoms with van der Waals surface area (Å²) in [7, 11) is -1.87. The lowest BCUT2D eigenvalue weighted by Crippen LogP contribution is -2.45. The number of carboxylic acids is 1. The smallest absolute Gasteiger partial charge is 0.328 e. The number of rotatable bonds is 19. The van der Waals surface area contributed by atoms with E-state index < -0.39 is 33.3 Å². The summed E-state index contributed by atoms with van der Waals surface area (Å²) in [5.74, 6) is -2.31. The summed E-state index contributed by atoms with van der Waals surface area (Å²) in [6, 6.07) is 10.1. The van der Waals surface area contributed by atoms with Crippen molar-refractivity contribution in [3.63, 3.8) is 0 Å². The highest BCUT2D eigenvalue weighted by Crippen LogP contribution is 2.29. The fourth-order valence-electron chi connectivity index (χ4n) is 4.73. The van der Waals surface area contributed by atoms with Crippen LogP contribution in [-0.4, -0.2) is 78.2 Å². The van der Waals surface area contributed by atoms with Gasteiger partial charge < -0.3 is 26.2 Å². The number of aromatic nitrogens is 2. The van der Waals surface area contributed by atoms with Gasteiger partial charge in [-0.1, -0.05) is 19.1 Å². The van der Waals surface area contributed by atoms with Gasteiger partial charge >= 0.3 is 5.97 Å². The predicted molar refractivity (Wildman–Crippen MR) is 190 cm³/mol. The van der Waals surface area contributed by atoms with E-state index in [1.165, 1.54) is 30.5 Å². The predicted octanol–water partition coefficient (Wildman–Crippen LogP) is 5.56. The zero-order valence-electron chi connectivity index (χ0n) is 28.1. The summed E-state index contributed by atoms with van der Waals surface area (Å²) in [5, 5.41) is 14.7. The Balaban J connectivity index is 1.55.